The zero-order chi connectivity index (χ0) is 10.6. The number of nitrogens with zero attached hydrogens (tertiary/aromatic N) is 1. The molecule has 2 nitrogen and oxygen atoms in total. The first-order valence-corrected chi connectivity index (χ1v) is 5.17. The van der Waals surface area contributed by atoms with Crippen LogP contribution in [0.5, 0.6) is 0 Å². The van der Waals surface area contributed by atoms with Crippen molar-refractivity contribution in [2.45, 2.75) is 13.0 Å². The van der Waals surface area contributed by atoms with Crippen molar-refractivity contribution in [2.75, 3.05) is 20.6 Å². The molecule has 1 heterocycles. The van der Waals surface area contributed by atoms with Crippen molar-refractivity contribution in [3.63, 3.8) is 0 Å². The van der Waals surface area contributed by atoms with Crippen molar-refractivity contribution < 1.29 is 0 Å². The van der Waals surface area contributed by atoms with Crippen molar-refractivity contribution in [3.8, 4) is 0 Å². The van der Waals surface area contributed by atoms with E-state index in [9.17, 15) is 0 Å². The largest absolute Gasteiger partial charge is 0.333 e. The number of benzene rings is 1. The van der Waals surface area contributed by atoms with Gasteiger partial charge in [-0.3, -0.25) is 0 Å². The van der Waals surface area contributed by atoms with E-state index in [4.69, 9.17) is 11.6 Å². The number of hydrogen-bond acceptors (Lipinski definition) is 2. The van der Waals surface area contributed by atoms with Gasteiger partial charge in [-0.15, -0.1) is 0 Å². The molecule has 0 amide bonds. The molecule has 14 heavy (non-hydrogen) atoms. The van der Waals surface area contributed by atoms with E-state index in [2.05, 4.69) is 29.8 Å². The Morgan fingerprint density at radius 1 is 1.29 bits per heavy atom. The van der Waals surface area contributed by atoms with Crippen LogP contribution in [0.15, 0.2) is 18.2 Å². The third-order valence-electron chi connectivity index (χ3n) is 2.37. The van der Waals surface area contributed by atoms with E-state index in [-0.39, 0.29) is 0 Å². The molecule has 1 aliphatic heterocycles. The van der Waals surface area contributed by atoms with Crippen molar-refractivity contribution in [1.82, 2.24) is 4.90 Å². The lowest BCUT2D eigenvalue weighted by Crippen LogP contribution is -2.26. The van der Waals surface area contributed by atoms with Gasteiger partial charge in [-0.05, 0) is 43.8 Å². The summed E-state index contributed by atoms with van der Waals surface area (Å²) >= 11 is 5.90. The van der Waals surface area contributed by atoms with Crippen LogP contribution in [0.4, 0.5) is 0 Å². The maximum absolute atomic E-state index is 5.90. The highest BCUT2D eigenvalue weighted by molar-refractivity contribution is 6.30. The Balaban J connectivity index is 0.000000461. The van der Waals surface area contributed by atoms with Gasteiger partial charge >= 0.3 is 0 Å². The lowest BCUT2D eigenvalue weighted by Gasteiger charge is -2.24. The first kappa shape index (κ1) is 11.5. The van der Waals surface area contributed by atoms with Gasteiger partial charge in [0.1, 0.15) is 0 Å². The van der Waals surface area contributed by atoms with Crippen LogP contribution in [0, 0.1) is 0 Å². The molecule has 0 spiro atoms. The molecular weight excluding hydrogens is 196 g/mol. The van der Waals surface area contributed by atoms with Crippen LogP contribution < -0.4 is 5.73 Å². The van der Waals surface area contributed by atoms with E-state index in [1.54, 1.807) is 0 Å². The number of rotatable bonds is 0. The molecule has 0 bridgehead atoms. The zero-order valence-corrected chi connectivity index (χ0v) is 9.51. The topological polar surface area (TPSA) is 29.3 Å². The first-order chi connectivity index (χ1) is 6.75. The normalized spacial score (nSPS) is 15.4. The fraction of sp³-hybridized carbons (Fsp3) is 0.455. The fourth-order valence-corrected chi connectivity index (χ4v) is 1.86. The average molecular weight is 213 g/mol. The third kappa shape index (κ3) is 2.71. The Hall–Kier alpha value is -0.570. The highest BCUT2D eigenvalue weighted by Gasteiger charge is 2.12. The summed E-state index contributed by atoms with van der Waals surface area (Å²) in [6.07, 6.45) is 1.13. The molecule has 2 N–H and O–H groups in total. The molecule has 0 unspecified atom stereocenters. The predicted octanol–water partition coefficient (Wildman–Crippen LogP) is 1.90. The highest BCUT2D eigenvalue weighted by atomic mass is 35.5. The van der Waals surface area contributed by atoms with Gasteiger partial charge in [-0.1, -0.05) is 17.7 Å². The second-order valence-corrected chi connectivity index (χ2v) is 3.84. The third-order valence-corrected chi connectivity index (χ3v) is 2.61. The minimum absolute atomic E-state index is 0.860. The molecule has 0 fully saturated rings. The summed E-state index contributed by atoms with van der Waals surface area (Å²) in [7, 11) is 3.65. The van der Waals surface area contributed by atoms with Gasteiger partial charge in [-0.2, -0.15) is 0 Å². The predicted molar refractivity (Wildman–Crippen MR) is 61.6 cm³/mol. The van der Waals surface area contributed by atoms with Crippen LogP contribution in [-0.4, -0.2) is 25.5 Å². The number of likely N-dealkylation sites (N-methyl/N-ethyl adjacent to an activating group) is 1. The van der Waals surface area contributed by atoms with Crippen LogP contribution in [0.3, 0.4) is 0 Å². The molecular formula is C11H17ClN2. The summed E-state index contributed by atoms with van der Waals surface area (Å²) in [6.45, 7) is 2.21. The molecule has 0 atom stereocenters. The van der Waals surface area contributed by atoms with Crippen LogP contribution in [0.25, 0.3) is 0 Å². The zero-order valence-electron chi connectivity index (χ0n) is 8.76. The summed E-state index contributed by atoms with van der Waals surface area (Å²) in [5, 5.41) is 0.860. The Kier molecular flexibility index (Phi) is 4.39. The molecule has 1 aromatic rings. The molecule has 0 saturated heterocycles. The van der Waals surface area contributed by atoms with E-state index in [0.29, 0.717) is 0 Å². The van der Waals surface area contributed by atoms with Gasteiger partial charge in [-0.25, -0.2) is 0 Å². The van der Waals surface area contributed by atoms with E-state index in [1.165, 1.54) is 18.2 Å². The Bertz CT molecular complexity index is 299. The van der Waals surface area contributed by atoms with E-state index in [0.717, 1.165) is 24.5 Å². The van der Waals surface area contributed by atoms with E-state index < -0.39 is 0 Å². The van der Waals surface area contributed by atoms with Crippen molar-refractivity contribution in [3.05, 3.63) is 34.3 Å². The maximum atomic E-state index is 5.90. The number of hydrogen-bond donors (Lipinski definition) is 1. The van der Waals surface area contributed by atoms with Crippen molar-refractivity contribution >= 4 is 11.6 Å². The van der Waals surface area contributed by atoms with Gasteiger partial charge in [0.05, 0.1) is 0 Å². The quantitative estimate of drug-likeness (QED) is 0.712. The number of fused-ring (bicyclic) bond motifs is 1. The van der Waals surface area contributed by atoms with Gasteiger partial charge in [0.25, 0.3) is 0 Å². The summed E-state index contributed by atoms with van der Waals surface area (Å²) < 4.78 is 0. The summed E-state index contributed by atoms with van der Waals surface area (Å²) in [6, 6.07) is 6.19. The summed E-state index contributed by atoms with van der Waals surface area (Å²) in [5.74, 6) is 0. The number of nitrogens with two attached hydrogens (primary N) is 1. The standard InChI is InChI=1S/C10H12ClN.CH5N/c1-12-5-4-8-6-10(11)3-2-9(8)7-12;1-2/h2-3,6H,4-5,7H2,1H3;2H2,1H3. The summed E-state index contributed by atoms with van der Waals surface area (Å²) in [5.41, 5.74) is 7.34. The van der Waals surface area contributed by atoms with Gasteiger partial charge in [0.15, 0.2) is 0 Å². The van der Waals surface area contributed by atoms with Crippen LogP contribution >= 0.6 is 11.6 Å². The molecule has 0 aromatic heterocycles. The Morgan fingerprint density at radius 3 is 2.71 bits per heavy atom. The molecule has 1 aliphatic rings. The highest BCUT2D eigenvalue weighted by Crippen LogP contribution is 2.21. The van der Waals surface area contributed by atoms with Crippen molar-refractivity contribution in [2.24, 2.45) is 5.73 Å². The molecule has 2 rings (SSSR count). The van der Waals surface area contributed by atoms with Gasteiger partial charge in [0.2, 0.25) is 0 Å². The Labute approximate surface area is 90.7 Å². The molecule has 0 radical (unpaired) electrons. The molecule has 3 heteroatoms. The van der Waals surface area contributed by atoms with Crippen molar-refractivity contribution in [1.29, 1.82) is 0 Å². The smallest absolute Gasteiger partial charge is 0.0408 e. The number of halogens is 1. The van der Waals surface area contributed by atoms with Gasteiger partial charge < -0.3 is 10.6 Å². The lowest BCUT2D eigenvalue weighted by molar-refractivity contribution is 0.313. The Morgan fingerprint density at radius 2 is 2.00 bits per heavy atom. The lowest BCUT2D eigenvalue weighted by atomic mass is 10.0. The SMILES string of the molecule is CN.CN1CCc2cc(Cl)ccc2C1. The molecule has 0 aliphatic carbocycles. The monoisotopic (exact) mass is 212 g/mol. The second-order valence-electron chi connectivity index (χ2n) is 3.40. The minimum Gasteiger partial charge on any atom is -0.333 e. The van der Waals surface area contributed by atoms with Crippen LogP contribution in [0.1, 0.15) is 11.1 Å². The van der Waals surface area contributed by atoms with Gasteiger partial charge in [0, 0.05) is 18.1 Å². The maximum Gasteiger partial charge on any atom is 0.0408 e. The van der Waals surface area contributed by atoms with Crippen LogP contribution in [0.2, 0.25) is 5.02 Å². The average Bonchev–Trinajstić information content (AvgIpc) is 2.21. The fourth-order valence-electron chi connectivity index (χ4n) is 1.66. The molecule has 1 aromatic carbocycles. The van der Waals surface area contributed by atoms with Crippen LogP contribution in [-0.2, 0) is 13.0 Å². The molecule has 0 saturated carbocycles. The van der Waals surface area contributed by atoms with E-state index in [1.807, 2.05) is 6.07 Å². The minimum atomic E-state index is 0.860. The summed E-state index contributed by atoms with van der Waals surface area (Å²) in [4.78, 5) is 2.33. The first-order valence-electron chi connectivity index (χ1n) is 4.79. The molecule has 78 valence electrons. The van der Waals surface area contributed by atoms with E-state index >= 15 is 0 Å². The second kappa shape index (κ2) is 5.35.